The maximum Gasteiger partial charge on any atom is 0.302 e. The molecule has 0 atom stereocenters. The molecule has 0 saturated heterocycles. The van der Waals surface area contributed by atoms with Gasteiger partial charge in [-0.25, -0.2) is 0 Å². The van der Waals surface area contributed by atoms with Crippen LogP contribution in [0, 0.1) is 0 Å². The zero-order valence-electron chi connectivity index (χ0n) is 13.9. The van der Waals surface area contributed by atoms with E-state index in [1.54, 1.807) is 36.5 Å². The highest BCUT2D eigenvalue weighted by Crippen LogP contribution is 2.22. The molecular weight excluding hydrogens is 346 g/mol. The highest BCUT2D eigenvalue weighted by atomic mass is 16.4. The second-order valence-electron chi connectivity index (χ2n) is 5.56. The number of rotatable bonds is 4. The van der Waals surface area contributed by atoms with Gasteiger partial charge in [0.2, 0.25) is 0 Å². The van der Waals surface area contributed by atoms with Crippen LogP contribution in [0.25, 0.3) is 10.9 Å². The third-order valence-corrected chi connectivity index (χ3v) is 3.79. The third kappa shape index (κ3) is 3.49. The molecule has 132 valence electrons. The summed E-state index contributed by atoms with van der Waals surface area (Å²) in [7, 11) is 0. The van der Waals surface area contributed by atoms with Crippen molar-refractivity contribution in [1.82, 2.24) is 15.0 Å². The van der Waals surface area contributed by atoms with Gasteiger partial charge in [0, 0.05) is 29.5 Å². The Morgan fingerprint density at radius 2 is 1.74 bits per heavy atom. The van der Waals surface area contributed by atoms with Gasteiger partial charge in [-0.2, -0.15) is 4.98 Å². The Kier molecular flexibility index (Phi) is 4.28. The number of hydrogen-bond donors (Lipinski definition) is 2. The number of anilines is 2. The molecule has 2 N–H and O–H groups in total. The van der Waals surface area contributed by atoms with Gasteiger partial charge < -0.3 is 9.73 Å². The number of benzene rings is 1. The monoisotopic (exact) mass is 359 g/mol. The summed E-state index contributed by atoms with van der Waals surface area (Å²) in [5.74, 6) is -0.870. The number of pyridine rings is 2. The Balaban J connectivity index is 1.49. The Labute approximate surface area is 153 Å². The molecule has 27 heavy (non-hydrogen) atoms. The third-order valence-electron chi connectivity index (χ3n) is 3.79. The number of nitrogens with zero attached hydrogens (tertiary/aromatic N) is 3. The first-order chi connectivity index (χ1) is 13.2. The molecule has 8 nitrogen and oxygen atoms in total. The highest BCUT2D eigenvalue weighted by Gasteiger charge is 2.16. The van der Waals surface area contributed by atoms with Gasteiger partial charge in [-0.05, 0) is 36.4 Å². The van der Waals surface area contributed by atoms with Gasteiger partial charge in [-0.3, -0.25) is 24.9 Å². The van der Waals surface area contributed by atoms with Crippen LogP contribution < -0.4 is 10.6 Å². The lowest BCUT2D eigenvalue weighted by Gasteiger charge is -2.06. The molecule has 0 aliphatic rings. The second kappa shape index (κ2) is 7.04. The van der Waals surface area contributed by atoms with Gasteiger partial charge in [0.1, 0.15) is 6.26 Å². The number of fused-ring (bicyclic) bond motifs is 1. The lowest BCUT2D eigenvalue weighted by molar-refractivity contribution is 0.101. The van der Waals surface area contributed by atoms with Crippen LogP contribution in [-0.2, 0) is 0 Å². The molecular formula is C19H13N5O3. The summed E-state index contributed by atoms with van der Waals surface area (Å²) in [6, 6.07) is 12.1. The first-order valence-electron chi connectivity index (χ1n) is 8.03. The van der Waals surface area contributed by atoms with Crippen LogP contribution in [0.15, 0.2) is 71.7 Å². The maximum atomic E-state index is 12.5. The molecule has 4 rings (SSSR count). The van der Waals surface area contributed by atoms with Crippen molar-refractivity contribution in [1.29, 1.82) is 0 Å². The fraction of sp³-hybridized carbons (Fsp3) is 0. The number of aromatic nitrogens is 3. The van der Waals surface area contributed by atoms with Gasteiger partial charge in [-0.15, -0.1) is 0 Å². The molecule has 8 heteroatoms. The summed E-state index contributed by atoms with van der Waals surface area (Å²) in [6.45, 7) is 0. The molecule has 3 aromatic heterocycles. The zero-order chi connectivity index (χ0) is 18.6. The van der Waals surface area contributed by atoms with E-state index in [9.17, 15) is 9.59 Å². The molecule has 0 spiro atoms. The SMILES string of the molecule is O=C(Nc1nc(C(=O)Nc2cccc3ncccc23)co1)c1ccncc1. The van der Waals surface area contributed by atoms with Gasteiger partial charge >= 0.3 is 6.01 Å². The Morgan fingerprint density at radius 3 is 2.59 bits per heavy atom. The maximum absolute atomic E-state index is 12.5. The average Bonchev–Trinajstić information content (AvgIpc) is 3.17. The summed E-state index contributed by atoms with van der Waals surface area (Å²) in [6.07, 6.45) is 5.87. The van der Waals surface area contributed by atoms with E-state index in [1.165, 1.54) is 18.7 Å². The van der Waals surface area contributed by atoms with Crippen molar-refractivity contribution in [2.45, 2.75) is 0 Å². The average molecular weight is 359 g/mol. The molecule has 0 aliphatic carbocycles. The standard InChI is InChI=1S/C19H13N5O3/c25-17(12-6-9-20-10-7-12)24-19-23-16(11-27-19)18(26)22-15-5-1-4-14-13(15)3-2-8-21-14/h1-11H,(H,22,26)(H,23,24,25). The molecule has 3 heterocycles. The predicted molar refractivity (Wildman–Crippen MR) is 98.4 cm³/mol. The van der Waals surface area contributed by atoms with Crippen molar-refractivity contribution < 1.29 is 14.0 Å². The van der Waals surface area contributed by atoms with E-state index >= 15 is 0 Å². The number of amides is 2. The van der Waals surface area contributed by atoms with Crippen molar-refractivity contribution in [2.75, 3.05) is 10.6 Å². The van der Waals surface area contributed by atoms with Crippen LogP contribution in [0.4, 0.5) is 11.7 Å². The number of carbonyl (C=O) groups excluding carboxylic acids is 2. The minimum absolute atomic E-state index is 0.0425. The summed E-state index contributed by atoms with van der Waals surface area (Å²) in [5, 5.41) is 6.08. The van der Waals surface area contributed by atoms with Crippen LogP contribution in [0.5, 0.6) is 0 Å². The van der Waals surface area contributed by atoms with Gasteiger partial charge in [-0.1, -0.05) is 6.07 Å². The highest BCUT2D eigenvalue weighted by molar-refractivity contribution is 6.08. The normalized spacial score (nSPS) is 10.5. The van der Waals surface area contributed by atoms with Crippen molar-refractivity contribution in [3.05, 3.63) is 78.6 Å². The van der Waals surface area contributed by atoms with Crippen LogP contribution in [0.2, 0.25) is 0 Å². The quantitative estimate of drug-likeness (QED) is 0.579. The van der Waals surface area contributed by atoms with Crippen molar-refractivity contribution >= 4 is 34.4 Å². The summed E-state index contributed by atoms with van der Waals surface area (Å²) in [4.78, 5) is 36.6. The summed E-state index contributed by atoms with van der Waals surface area (Å²) in [5.41, 5.74) is 1.81. The van der Waals surface area contributed by atoms with Gasteiger partial charge in [0.25, 0.3) is 11.8 Å². The van der Waals surface area contributed by atoms with Crippen LogP contribution in [0.1, 0.15) is 20.8 Å². The molecule has 0 saturated carbocycles. The lowest BCUT2D eigenvalue weighted by atomic mass is 10.2. The van der Waals surface area contributed by atoms with E-state index < -0.39 is 11.8 Å². The Bertz CT molecular complexity index is 1120. The first kappa shape index (κ1) is 16.4. The zero-order valence-corrected chi connectivity index (χ0v) is 13.9. The van der Waals surface area contributed by atoms with Crippen molar-refractivity contribution in [3.63, 3.8) is 0 Å². The van der Waals surface area contributed by atoms with Crippen LogP contribution in [0.3, 0.4) is 0 Å². The predicted octanol–water partition coefficient (Wildman–Crippen LogP) is 3.12. The summed E-state index contributed by atoms with van der Waals surface area (Å²) < 4.78 is 5.17. The van der Waals surface area contributed by atoms with Crippen LogP contribution in [-0.4, -0.2) is 26.8 Å². The number of hydrogen-bond acceptors (Lipinski definition) is 6. The first-order valence-corrected chi connectivity index (χ1v) is 8.03. The number of nitrogens with one attached hydrogen (secondary N) is 2. The minimum Gasteiger partial charge on any atom is -0.431 e. The van der Waals surface area contributed by atoms with Gasteiger partial charge in [0.05, 0.1) is 11.2 Å². The fourth-order valence-electron chi connectivity index (χ4n) is 2.51. The van der Waals surface area contributed by atoms with E-state index in [4.69, 9.17) is 4.42 Å². The van der Waals surface area contributed by atoms with E-state index in [-0.39, 0.29) is 11.7 Å². The second-order valence-corrected chi connectivity index (χ2v) is 5.56. The smallest absolute Gasteiger partial charge is 0.302 e. The van der Waals surface area contributed by atoms with Crippen molar-refractivity contribution in [2.24, 2.45) is 0 Å². The van der Waals surface area contributed by atoms with Crippen molar-refractivity contribution in [3.8, 4) is 0 Å². The molecule has 4 aromatic rings. The van der Waals surface area contributed by atoms with Crippen LogP contribution >= 0.6 is 0 Å². The van der Waals surface area contributed by atoms with Gasteiger partial charge in [0.15, 0.2) is 5.69 Å². The van der Waals surface area contributed by atoms with E-state index in [0.29, 0.717) is 11.3 Å². The number of oxazole rings is 1. The lowest BCUT2D eigenvalue weighted by Crippen LogP contribution is -2.14. The topological polar surface area (TPSA) is 110 Å². The van der Waals surface area contributed by atoms with E-state index in [1.807, 2.05) is 12.1 Å². The minimum atomic E-state index is -0.459. The fourth-order valence-corrected chi connectivity index (χ4v) is 2.51. The molecule has 0 radical (unpaired) electrons. The van der Waals surface area contributed by atoms with E-state index in [2.05, 4.69) is 25.6 Å². The molecule has 0 bridgehead atoms. The molecule has 0 fully saturated rings. The molecule has 0 unspecified atom stereocenters. The molecule has 2 amide bonds. The number of carbonyl (C=O) groups is 2. The summed E-state index contributed by atoms with van der Waals surface area (Å²) >= 11 is 0. The van der Waals surface area contributed by atoms with E-state index in [0.717, 1.165) is 10.9 Å². The molecule has 1 aromatic carbocycles. The largest absolute Gasteiger partial charge is 0.431 e. The Hall–Kier alpha value is -4.07. The Morgan fingerprint density at radius 1 is 0.889 bits per heavy atom. The molecule has 0 aliphatic heterocycles.